The fraction of sp³-hybridized carbons (Fsp3) is 0.0556. The third-order valence-corrected chi connectivity index (χ3v) is 4.06. The normalized spacial score (nSPS) is 12.1. The summed E-state index contributed by atoms with van der Waals surface area (Å²) in [6.45, 7) is 0. The molecule has 3 rings (SSSR count). The SMILES string of the molecule is N=C/C(=C\N)c1ccc(=N)n(C(=N)C(F)(F)c2ccc3[nH]c(=O)ccc3c2)n1. The topological polar surface area (TPSA) is 148 Å². The number of pyridine rings is 1. The predicted octanol–water partition coefficient (Wildman–Crippen LogP) is 1.77. The summed E-state index contributed by atoms with van der Waals surface area (Å²) >= 11 is 0. The maximum atomic E-state index is 15.0. The van der Waals surface area contributed by atoms with Crippen molar-refractivity contribution >= 4 is 28.5 Å². The summed E-state index contributed by atoms with van der Waals surface area (Å²) in [6, 6.07) is 8.75. The zero-order chi connectivity index (χ0) is 20.5. The molecule has 0 amide bonds. The molecule has 2 aromatic heterocycles. The van der Waals surface area contributed by atoms with E-state index in [1.807, 2.05) is 0 Å². The second-order valence-electron chi connectivity index (χ2n) is 5.83. The Morgan fingerprint density at radius 2 is 1.96 bits per heavy atom. The smallest absolute Gasteiger partial charge is 0.331 e. The number of fused-ring (bicyclic) bond motifs is 1. The summed E-state index contributed by atoms with van der Waals surface area (Å²) in [5.74, 6) is -5.00. The number of aromatic amines is 1. The van der Waals surface area contributed by atoms with E-state index in [0.29, 0.717) is 15.6 Å². The molecule has 0 radical (unpaired) electrons. The monoisotopic (exact) mass is 383 g/mol. The van der Waals surface area contributed by atoms with E-state index >= 15 is 0 Å². The van der Waals surface area contributed by atoms with Gasteiger partial charge in [-0.05, 0) is 35.7 Å². The lowest BCUT2D eigenvalue weighted by Gasteiger charge is -2.19. The first-order valence-electron chi connectivity index (χ1n) is 7.96. The first kappa shape index (κ1) is 18.8. The van der Waals surface area contributed by atoms with Crippen molar-refractivity contribution in [2.24, 2.45) is 5.73 Å². The zero-order valence-corrected chi connectivity index (χ0v) is 14.3. The van der Waals surface area contributed by atoms with Gasteiger partial charge in [-0.2, -0.15) is 18.6 Å². The molecule has 0 fully saturated rings. The lowest BCUT2D eigenvalue weighted by molar-refractivity contribution is 0.0697. The third kappa shape index (κ3) is 3.22. The van der Waals surface area contributed by atoms with Crippen molar-refractivity contribution < 1.29 is 8.78 Å². The first-order chi connectivity index (χ1) is 13.3. The van der Waals surface area contributed by atoms with Gasteiger partial charge in [-0.1, -0.05) is 6.07 Å². The van der Waals surface area contributed by atoms with E-state index in [-0.39, 0.29) is 16.8 Å². The summed E-state index contributed by atoms with van der Waals surface area (Å²) in [6.07, 6.45) is 1.97. The van der Waals surface area contributed by atoms with Gasteiger partial charge in [0.05, 0.1) is 5.69 Å². The number of hydrogen-bond acceptors (Lipinski definition) is 6. The van der Waals surface area contributed by atoms with Crippen LogP contribution in [-0.4, -0.2) is 26.8 Å². The molecule has 0 spiro atoms. The number of aromatic nitrogens is 3. The highest BCUT2D eigenvalue weighted by Gasteiger charge is 2.39. The van der Waals surface area contributed by atoms with Gasteiger partial charge in [0.15, 0.2) is 5.84 Å². The second-order valence-corrected chi connectivity index (χ2v) is 5.83. The quantitative estimate of drug-likeness (QED) is 0.345. The summed E-state index contributed by atoms with van der Waals surface area (Å²) in [5, 5.41) is 27.3. The van der Waals surface area contributed by atoms with Gasteiger partial charge in [-0.3, -0.25) is 15.6 Å². The van der Waals surface area contributed by atoms with E-state index in [2.05, 4.69) is 10.1 Å². The number of nitrogens with zero attached hydrogens (tertiary/aromatic N) is 2. The molecule has 0 bridgehead atoms. The molecular formula is C18H15F2N7O. The van der Waals surface area contributed by atoms with Crippen LogP contribution in [0.25, 0.3) is 16.5 Å². The average molecular weight is 383 g/mol. The molecule has 0 aliphatic carbocycles. The third-order valence-electron chi connectivity index (χ3n) is 4.06. The Labute approximate surface area is 156 Å². The van der Waals surface area contributed by atoms with Crippen molar-refractivity contribution in [2.45, 2.75) is 5.92 Å². The molecule has 0 aliphatic rings. The highest BCUT2D eigenvalue weighted by molar-refractivity contribution is 6.07. The van der Waals surface area contributed by atoms with Gasteiger partial charge in [-0.15, -0.1) is 0 Å². The Bertz CT molecular complexity index is 1240. The molecule has 0 aliphatic heterocycles. The van der Waals surface area contributed by atoms with Crippen LogP contribution in [0.4, 0.5) is 8.78 Å². The Morgan fingerprint density at radius 3 is 2.64 bits per heavy atom. The van der Waals surface area contributed by atoms with E-state index in [0.717, 1.165) is 24.5 Å². The van der Waals surface area contributed by atoms with Crippen LogP contribution in [0.2, 0.25) is 0 Å². The van der Waals surface area contributed by atoms with Crippen LogP contribution in [0, 0.1) is 16.2 Å². The fourth-order valence-electron chi connectivity index (χ4n) is 2.57. The van der Waals surface area contributed by atoms with E-state index in [4.69, 9.17) is 22.0 Å². The van der Waals surface area contributed by atoms with E-state index < -0.39 is 22.8 Å². The van der Waals surface area contributed by atoms with Gasteiger partial charge < -0.3 is 16.1 Å². The molecule has 0 atom stereocenters. The number of nitrogens with one attached hydrogen (secondary N) is 4. The lowest BCUT2D eigenvalue weighted by Crippen LogP contribution is -2.39. The van der Waals surface area contributed by atoms with Crippen molar-refractivity contribution in [3.63, 3.8) is 0 Å². The van der Waals surface area contributed by atoms with Crippen LogP contribution in [0.15, 0.2) is 53.5 Å². The van der Waals surface area contributed by atoms with Crippen LogP contribution < -0.4 is 16.8 Å². The van der Waals surface area contributed by atoms with Crippen LogP contribution in [0.5, 0.6) is 0 Å². The van der Waals surface area contributed by atoms with Crippen molar-refractivity contribution in [2.75, 3.05) is 0 Å². The van der Waals surface area contributed by atoms with Crippen LogP contribution in [-0.2, 0) is 5.92 Å². The molecule has 3 aromatic rings. The average Bonchev–Trinajstić information content (AvgIpc) is 2.69. The number of benzene rings is 1. The zero-order valence-electron chi connectivity index (χ0n) is 14.3. The molecule has 2 heterocycles. The maximum Gasteiger partial charge on any atom is 0.331 e. The van der Waals surface area contributed by atoms with Crippen LogP contribution >= 0.6 is 0 Å². The highest BCUT2D eigenvalue weighted by Crippen LogP contribution is 2.31. The Morgan fingerprint density at radius 1 is 1.21 bits per heavy atom. The summed E-state index contributed by atoms with van der Waals surface area (Å²) in [7, 11) is 0. The van der Waals surface area contributed by atoms with E-state index in [1.165, 1.54) is 30.3 Å². The van der Waals surface area contributed by atoms with Crippen molar-refractivity contribution in [1.82, 2.24) is 14.8 Å². The molecule has 8 nitrogen and oxygen atoms in total. The number of hydrogen-bond donors (Lipinski definition) is 5. The summed E-state index contributed by atoms with van der Waals surface area (Å²) in [4.78, 5) is 13.9. The molecule has 10 heteroatoms. The molecule has 0 saturated heterocycles. The molecule has 6 N–H and O–H groups in total. The molecular weight excluding hydrogens is 368 g/mol. The highest BCUT2D eigenvalue weighted by atomic mass is 19.3. The minimum absolute atomic E-state index is 0.0742. The minimum atomic E-state index is -3.77. The molecule has 0 saturated carbocycles. The van der Waals surface area contributed by atoms with Gasteiger partial charge in [0.1, 0.15) is 5.49 Å². The van der Waals surface area contributed by atoms with E-state index in [9.17, 15) is 13.6 Å². The molecule has 142 valence electrons. The number of allylic oxidation sites excluding steroid dienone is 1. The number of rotatable bonds is 4. The number of alkyl halides is 2. The molecule has 28 heavy (non-hydrogen) atoms. The van der Waals surface area contributed by atoms with E-state index in [1.54, 1.807) is 0 Å². The number of nitrogens with two attached hydrogens (primary N) is 1. The van der Waals surface area contributed by atoms with Crippen molar-refractivity contribution in [3.05, 3.63) is 75.8 Å². The number of halogens is 2. The number of H-pyrrole nitrogens is 1. The van der Waals surface area contributed by atoms with Gasteiger partial charge in [-0.25, -0.2) is 0 Å². The summed E-state index contributed by atoms with van der Waals surface area (Å²) < 4.78 is 30.5. The fourth-order valence-corrected chi connectivity index (χ4v) is 2.57. The molecule has 0 unspecified atom stereocenters. The predicted molar refractivity (Wildman–Crippen MR) is 101 cm³/mol. The van der Waals surface area contributed by atoms with Crippen LogP contribution in [0.1, 0.15) is 11.3 Å². The lowest BCUT2D eigenvalue weighted by atomic mass is 10.0. The molecule has 1 aromatic carbocycles. The van der Waals surface area contributed by atoms with Crippen molar-refractivity contribution in [1.29, 1.82) is 16.2 Å². The minimum Gasteiger partial charge on any atom is -0.404 e. The van der Waals surface area contributed by atoms with Gasteiger partial charge in [0.2, 0.25) is 5.56 Å². The first-order valence-corrected chi connectivity index (χ1v) is 7.96. The van der Waals surface area contributed by atoms with Gasteiger partial charge >= 0.3 is 5.92 Å². The summed E-state index contributed by atoms with van der Waals surface area (Å²) in [5.41, 5.74) is 4.72. The second kappa shape index (κ2) is 6.99. The Balaban J connectivity index is 2.09. The van der Waals surface area contributed by atoms with Crippen molar-refractivity contribution in [3.8, 4) is 0 Å². The maximum absolute atomic E-state index is 15.0. The van der Waals surface area contributed by atoms with Gasteiger partial charge in [0.25, 0.3) is 0 Å². The standard InChI is InChI=1S/C18H15F2N7O/c19-18(20,12-2-3-13-10(7-12)1-6-16(28)25-13)17(24)27-15(23)5-4-14(26-27)11(8-21)9-22/h1-9,21,23-24H,22H2,(H,25,28)/b11-9+,21-8?,23-15?,24-17?. The Kier molecular flexibility index (Phi) is 4.70. The van der Waals surface area contributed by atoms with Gasteiger partial charge in [0, 0.05) is 35.1 Å². The van der Waals surface area contributed by atoms with Crippen LogP contribution in [0.3, 0.4) is 0 Å². The Hall–Kier alpha value is -3.95. The largest absolute Gasteiger partial charge is 0.404 e.